The van der Waals surface area contributed by atoms with Crippen LogP contribution in [0.2, 0.25) is 0 Å². The molecule has 0 radical (unpaired) electrons. The van der Waals surface area contributed by atoms with Crippen molar-refractivity contribution in [2.45, 2.75) is 46.1 Å². The second-order valence-electron chi connectivity index (χ2n) is 4.56. The summed E-state index contributed by atoms with van der Waals surface area (Å²) >= 11 is 0. The van der Waals surface area contributed by atoms with Gasteiger partial charge < -0.3 is 4.74 Å². The fourth-order valence-electron chi connectivity index (χ4n) is 2.35. The minimum Gasteiger partial charge on any atom is -0.464 e. The predicted octanol–water partition coefficient (Wildman–Crippen LogP) is 3.03. The summed E-state index contributed by atoms with van der Waals surface area (Å²) in [5, 5.41) is 3.31. The number of likely N-dealkylation sites (N-methyl/N-ethyl adjacent to an activating group) is 1. The van der Waals surface area contributed by atoms with E-state index in [9.17, 15) is 4.79 Å². The monoisotopic (exact) mass is 263 g/mol. The molecule has 1 aromatic rings. The minimum atomic E-state index is -0.725. The first kappa shape index (κ1) is 15.7. The molecule has 0 aromatic heterocycles. The summed E-state index contributed by atoms with van der Waals surface area (Å²) in [6.07, 6.45) is 1.67. The van der Waals surface area contributed by atoms with Gasteiger partial charge >= 0.3 is 5.97 Å². The molecule has 0 aliphatic carbocycles. The average Bonchev–Trinajstić information content (AvgIpc) is 2.45. The van der Waals surface area contributed by atoms with Gasteiger partial charge in [0.15, 0.2) is 0 Å². The van der Waals surface area contributed by atoms with Crippen LogP contribution in [0, 0.1) is 0 Å². The predicted molar refractivity (Wildman–Crippen MR) is 78.1 cm³/mol. The Morgan fingerprint density at radius 2 is 1.79 bits per heavy atom. The minimum absolute atomic E-state index is 0.191. The molecule has 3 nitrogen and oxygen atoms in total. The quantitative estimate of drug-likeness (QED) is 0.768. The molecule has 0 fully saturated rings. The van der Waals surface area contributed by atoms with Crippen molar-refractivity contribution in [3.63, 3.8) is 0 Å². The van der Waals surface area contributed by atoms with Crippen LogP contribution in [0.1, 0.15) is 45.2 Å². The van der Waals surface area contributed by atoms with Crippen molar-refractivity contribution >= 4 is 5.97 Å². The van der Waals surface area contributed by atoms with Crippen molar-refractivity contribution in [1.29, 1.82) is 0 Å². The number of rotatable bonds is 7. The maximum Gasteiger partial charge on any atom is 0.330 e. The second-order valence-corrected chi connectivity index (χ2v) is 4.56. The lowest BCUT2D eigenvalue weighted by Gasteiger charge is -2.31. The molecule has 0 heterocycles. The van der Waals surface area contributed by atoms with Gasteiger partial charge in [0.25, 0.3) is 0 Å². The van der Waals surface area contributed by atoms with E-state index in [-0.39, 0.29) is 5.97 Å². The van der Waals surface area contributed by atoms with Crippen LogP contribution in [0.25, 0.3) is 0 Å². The van der Waals surface area contributed by atoms with Crippen molar-refractivity contribution < 1.29 is 9.53 Å². The Kier molecular flexibility index (Phi) is 6.03. The third kappa shape index (κ3) is 3.35. The molecule has 3 heteroatoms. The molecular formula is C16H25NO2. The van der Waals surface area contributed by atoms with E-state index in [0.717, 1.165) is 18.5 Å². The molecule has 1 N–H and O–H groups in total. The lowest BCUT2D eigenvalue weighted by Crippen LogP contribution is -2.49. The third-order valence-corrected chi connectivity index (χ3v) is 3.49. The van der Waals surface area contributed by atoms with Crippen molar-refractivity contribution in [2.24, 2.45) is 0 Å². The number of ether oxygens (including phenoxy) is 1. The van der Waals surface area contributed by atoms with Crippen LogP contribution in [-0.2, 0) is 21.5 Å². The number of carbonyl (C=O) groups excluding carboxylic acids is 1. The van der Waals surface area contributed by atoms with Gasteiger partial charge in [-0.15, -0.1) is 0 Å². The van der Waals surface area contributed by atoms with Gasteiger partial charge in [0.2, 0.25) is 0 Å². The van der Waals surface area contributed by atoms with Gasteiger partial charge in [0.05, 0.1) is 6.61 Å². The molecule has 0 aliphatic rings. The molecule has 0 aliphatic heterocycles. The summed E-state index contributed by atoms with van der Waals surface area (Å²) in [5.41, 5.74) is 1.53. The largest absolute Gasteiger partial charge is 0.464 e. The zero-order valence-electron chi connectivity index (χ0n) is 12.5. The maximum absolute atomic E-state index is 12.4. The zero-order chi connectivity index (χ0) is 14.3. The summed E-state index contributed by atoms with van der Waals surface area (Å²) in [7, 11) is 0. The molecule has 0 amide bonds. The van der Waals surface area contributed by atoms with Crippen LogP contribution in [-0.4, -0.2) is 19.1 Å². The van der Waals surface area contributed by atoms with Gasteiger partial charge in [0, 0.05) is 0 Å². The highest BCUT2D eigenvalue weighted by Gasteiger charge is 2.39. The van der Waals surface area contributed by atoms with Crippen molar-refractivity contribution in [2.75, 3.05) is 13.2 Å². The Labute approximate surface area is 116 Å². The summed E-state index contributed by atoms with van der Waals surface area (Å²) in [4.78, 5) is 12.4. The van der Waals surface area contributed by atoms with E-state index in [4.69, 9.17) is 4.74 Å². The highest BCUT2D eigenvalue weighted by Crippen LogP contribution is 2.27. The second kappa shape index (κ2) is 7.29. The molecule has 1 aromatic carbocycles. The Bertz CT molecular complexity index is 400. The van der Waals surface area contributed by atoms with Gasteiger partial charge in [0.1, 0.15) is 5.54 Å². The fourth-order valence-corrected chi connectivity index (χ4v) is 2.35. The highest BCUT2D eigenvalue weighted by atomic mass is 16.5. The molecule has 106 valence electrons. The van der Waals surface area contributed by atoms with Crippen LogP contribution in [0.5, 0.6) is 0 Å². The van der Waals surface area contributed by atoms with Gasteiger partial charge in [-0.3, -0.25) is 5.32 Å². The number of benzene rings is 1. The van der Waals surface area contributed by atoms with Gasteiger partial charge in [-0.1, -0.05) is 45.0 Å². The third-order valence-electron chi connectivity index (χ3n) is 3.49. The van der Waals surface area contributed by atoms with Gasteiger partial charge in [-0.25, -0.2) is 4.79 Å². The molecule has 1 rings (SSSR count). The zero-order valence-corrected chi connectivity index (χ0v) is 12.5. The highest BCUT2D eigenvalue weighted by molar-refractivity contribution is 5.82. The van der Waals surface area contributed by atoms with Crippen LogP contribution in [0.3, 0.4) is 0 Å². The molecule has 0 spiro atoms. The standard InChI is InChI=1S/C16H25NO2/c1-5-13-9-11-14(12-10-13)16(6-2,17-7-3)15(18)19-8-4/h9-12,17H,5-8H2,1-4H3. The van der Waals surface area contributed by atoms with Crippen molar-refractivity contribution in [3.05, 3.63) is 35.4 Å². The number of carbonyl (C=O) groups is 1. The van der Waals surface area contributed by atoms with Crippen LogP contribution in [0.4, 0.5) is 0 Å². The summed E-state index contributed by atoms with van der Waals surface area (Å²) in [5.74, 6) is -0.191. The Balaban J connectivity index is 3.16. The van der Waals surface area contributed by atoms with E-state index in [0.29, 0.717) is 13.0 Å². The Hall–Kier alpha value is -1.35. The molecule has 1 unspecified atom stereocenters. The SMILES string of the molecule is CCNC(CC)(C(=O)OCC)c1ccc(CC)cc1. The van der Waals surface area contributed by atoms with E-state index < -0.39 is 5.54 Å². The number of hydrogen-bond acceptors (Lipinski definition) is 3. The Morgan fingerprint density at radius 1 is 1.16 bits per heavy atom. The Morgan fingerprint density at radius 3 is 2.21 bits per heavy atom. The number of hydrogen-bond donors (Lipinski definition) is 1. The lowest BCUT2D eigenvalue weighted by molar-refractivity contribution is -0.152. The molecule has 1 atom stereocenters. The molecule has 19 heavy (non-hydrogen) atoms. The normalized spacial score (nSPS) is 13.9. The van der Waals surface area contributed by atoms with Crippen LogP contribution < -0.4 is 5.32 Å². The smallest absolute Gasteiger partial charge is 0.330 e. The van der Waals surface area contributed by atoms with Crippen LogP contribution in [0.15, 0.2) is 24.3 Å². The lowest BCUT2D eigenvalue weighted by atomic mass is 9.86. The van der Waals surface area contributed by atoms with Gasteiger partial charge in [-0.2, -0.15) is 0 Å². The van der Waals surface area contributed by atoms with Crippen LogP contribution >= 0.6 is 0 Å². The number of nitrogens with one attached hydrogen (secondary N) is 1. The van der Waals surface area contributed by atoms with E-state index >= 15 is 0 Å². The topological polar surface area (TPSA) is 38.3 Å². The molecular weight excluding hydrogens is 238 g/mol. The van der Waals surface area contributed by atoms with Crippen molar-refractivity contribution in [1.82, 2.24) is 5.32 Å². The van der Waals surface area contributed by atoms with E-state index in [1.54, 1.807) is 0 Å². The van der Waals surface area contributed by atoms with E-state index in [1.807, 2.05) is 32.9 Å². The first-order chi connectivity index (χ1) is 9.14. The van der Waals surface area contributed by atoms with E-state index in [2.05, 4.69) is 24.4 Å². The molecule has 0 saturated carbocycles. The van der Waals surface area contributed by atoms with Crippen molar-refractivity contribution in [3.8, 4) is 0 Å². The maximum atomic E-state index is 12.4. The summed E-state index contributed by atoms with van der Waals surface area (Å²) < 4.78 is 5.26. The van der Waals surface area contributed by atoms with Gasteiger partial charge in [-0.05, 0) is 37.4 Å². The van der Waals surface area contributed by atoms with E-state index in [1.165, 1.54) is 5.56 Å². The first-order valence-corrected chi connectivity index (χ1v) is 7.16. The molecule has 0 saturated heterocycles. The first-order valence-electron chi connectivity index (χ1n) is 7.16. The summed E-state index contributed by atoms with van der Waals surface area (Å²) in [6, 6.07) is 8.22. The summed E-state index contributed by atoms with van der Waals surface area (Å²) in [6.45, 7) is 9.10. The average molecular weight is 263 g/mol. The number of esters is 1. The fraction of sp³-hybridized carbons (Fsp3) is 0.562. The molecule has 0 bridgehead atoms. The number of aryl methyl sites for hydroxylation is 1.